The van der Waals surface area contributed by atoms with Gasteiger partial charge in [0, 0.05) is 24.2 Å². The molecular weight excluding hydrogens is 385 g/mol. The molecule has 1 heterocycles. The second-order valence-corrected chi connectivity index (χ2v) is 7.61. The molecule has 0 unspecified atom stereocenters. The van der Waals surface area contributed by atoms with E-state index in [1.54, 1.807) is 23.9 Å². The second-order valence-electron chi connectivity index (χ2n) is 6.23. The van der Waals surface area contributed by atoms with Gasteiger partial charge in [-0.15, -0.1) is 10.2 Å². The molecule has 0 saturated carbocycles. The van der Waals surface area contributed by atoms with E-state index in [0.29, 0.717) is 11.6 Å². The molecule has 0 fully saturated rings. The first kappa shape index (κ1) is 19.7. The van der Waals surface area contributed by atoms with Gasteiger partial charge in [0.05, 0.1) is 6.61 Å². The van der Waals surface area contributed by atoms with Gasteiger partial charge >= 0.3 is 0 Å². The first-order valence-electron chi connectivity index (χ1n) is 8.67. The van der Waals surface area contributed by atoms with Crippen LogP contribution in [0.4, 0.5) is 4.39 Å². The topological polar surface area (TPSA) is 39.9 Å². The third-order valence-electron chi connectivity index (χ3n) is 4.15. The molecule has 0 bridgehead atoms. The van der Waals surface area contributed by atoms with Crippen LogP contribution in [0.3, 0.4) is 0 Å². The van der Waals surface area contributed by atoms with E-state index < -0.39 is 0 Å². The summed E-state index contributed by atoms with van der Waals surface area (Å²) in [7, 11) is 1.96. The maximum absolute atomic E-state index is 13.0. The zero-order valence-corrected chi connectivity index (χ0v) is 16.9. The van der Waals surface area contributed by atoms with E-state index in [2.05, 4.69) is 10.2 Å². The summed E-state index contributed by atoms with van der Waals surface area (Å²) in [5.41, 5.74) is 2.08. The van der Waals surface area contributed by atoms with Gasteiger partial charge in [0.1, 0.15) is 17.4 Å². The van der Waals surface area contributed by atoms with Crippen molar-refractivity contribution in [2.24, 2.45) is 7.05 Å². The standard InChI is InChI=1S/C20H21ClFN3OS/c1-14-12-16(21)7-10-18(14)26-11-3-4-19-23-24-20(25(19)2)27-13-15-5-8-17(22)9-6-15/h5-10,12H,3-4,11,13H2,1-2H3. The lowest BCUT2D eigenvalue weighted by Crippen LogP contribution is -2.04. The van der Waals surface area contributed by atoms with Gasteiger partial charge in [0.25, 0.3) is 0 Å². The third-order valence-corrected chi connectivity index (χ3v) is 5.47. The average molecular weight is 406 g/mol. The summed E-state index contributed by atoms with van der Waals surface area (Å²) < 4.78 is 20.8. The highest BCUT2D eigenvalue weighted by Crippen LogP contribution is 2.23. The minimum Gasteiger partial charge on any atom is -0.493 e. The summed E-state index contributed by atoms with van der Waals surface area (Å²) in [5.74, 6) is 2.28. The lowest BCUT2D eigenvalue weighted by molar-refractivity contribution is 0.307. The van der Waals surface area contributed by atoms with Gasteiger partial charge in [0.15, 0.2) is 5.16 Å². The molecule has 27 heavy (non-hydrogen) atoms. The minimum atomic E-state index is -0.222. The number of rotatable bonds is 8. The SMILES string of the molecule is Cc1cc(Cl)ccc1OCCCc1nnc(SCc2ccc(F)cc2)n1C. The first-order chi connectivity index (χ1) is 13.0. The molecule has 142 valence electrons. The van der Waals surface area contributed by atoms with Crippen LogP contribution in [0.25, 0.3) is 0 Å². The number of nitrogens with zero attached hydrogens (tertiary/aromatic N) is 3. The van der Waals surface area contributed by atoms with Gasteiger partial charge in [0.2, 0.25) is 0 Å². The van der Waals surface area contributed by atoms with E-state index in [4.69, 9.17) is 16.3 Å². The Morgan fingerprint density at radius 1 is 1.15 bits per heavy atom. The predicted molar refractivity (Wildman–Crippen MR) is 107 cm³/mol. The van der Waals surface area contributed by atoms with Gasteiger partial charge in [-0.05, 0) is 54.8 Å². The van der Waals surface area contributed by atoms with Crippen LogP contribution in [-0.4, -0.2) is 21.4 Å². The third kappa shape index (κ3) is 5.47. The summed E-state index contributed by atoms with van der Waals surface area (Å²) in [6.07, 6.45) is 1.63. The molecule has 0 amide bonds. The van der Waals surface area contributed by atoms with Crippen molar-refractivity contribution in [1.82, 2.24) is 14.8 Å². The van der Waals surface area contributed by atoms with Gasteiger partial charge in [-0.1, -0.05) is 35.5 Å². The molecule has 0 aliphatic rings. The molecule has 0 aliphatic carbocycles. The molecule has 0 N–H and O–H groups in total. The number of thioether (sulfide) groups is 1. The Labute approximate surface area is 167 Å². The van der Waals surface area contributed by atoms with E-state index in [1.807, 2.05) is 36.7 Å². The molecule has 0 atom stereocenters. The van der Waals surface area contributed by atoms with Crippen molar-refractivity contribution < 1.29 is 9.13 Å². The fourth-order valence-electron chi connectivity index (χ4n) is 2.60. The molecule has 3 aromatic rings. The number of hydrogen-bond donors (Lipinski definition) is 0. The Balaban J connectivity index is 1.47. The molecule has 0 spiro atoms. The molecule has 0 radical (unpaired) electrons. The lowest BCUT2D eigenvalue weighted by Gasteiger charge is -2.09. The Kier molecular flexibility index (Phi) is 6.74. The van der Waals surface area contributed by atoms with Crippen LogP contribution in [-0.2, 0) is 19.2 Å². The fraction of sp³-hybridized carbons (Fsp3) is 0.300. The minimum absolute atomic E-state index is 0.222. The van der Waals surface area contributed by atoms with Crippen LogP contribution in [0.5, 0.6) is 5.75 Å². The monoisotopic (exact) mass is 405 g/mol. The van der Waals surface area contributed by atoms with Crippen LogP contribution in [0.15, 0.2) is 47.6 Å². The fourth-order valence-corrected chi connectivity index (χ4v) is 3.72. The van der Waals surface area contributed by atoms with Crippen molar-refractivity contribution in [3.8, 4) is 5.75 Å². The number of aromatic nitrogens is 3. The highest BCUT2D eigenvalue weighted by Gasteiger charge is 2.10. The highest BCUT2D eigenvalue weighted by atomic mass is 35.5. The lowest BCUT2D eigenvalue weighted by atomic mass is 10.2. The number of ether oxygens (including phenoxy) is 1. The van der Waals surface area contributed by atoms with Crippen LogP contribution >= 0.6 is 23.4 Å². The van der Waals surface area contributed by atoms with E-state index in [-0.39, 0.29) is 5.82 Å². The Bertz CT molecular complexity index is 899. The summed E-state index contributed by atoms with van der Waals surface area (Å²) >= 11 is 7.55. The van der Waals surface area contributed by atoms with Crippen molar-refractivity contribution in [3.05, 3.63) is 70.3 Å². The average Bonchev–Trinajstić information content (AvgIpc) is 3.00. The molecular formula is C20H21ClFN3OS. The van der Waals surface area contributed by atoms with Crippen LogP contribution < -0.4 is 4.74 Å². The van der Waals surface area contributed by atoms with Crippen molar-refractivity contribution in [2.75, 3.05) is 6.61 Å². The maximum atomic E-state index is 13.0. The van der Waals surface area contributed by atoms with Gasteiger partial charge in [-0.3, -0.25) is 0 Å². The van der Waals surface area contributed by atoms with E-state index in [9.17, 15) is 4.39 Å². The van der Waals surface area contributed by atoms with Crippen molar-refractivity contribution in [2.45, 2.75) is 30.7 Å². The maximum Gasteiger partial charge on any atom is 0.191 e. The molecule has 7 heteroatoms. The van der Waals surface area contributed by atoms with Crippen LogP contribution in [0, 0.1) is 12.7 Å². The van der Waals surface area contributed by atoms with Crippen molar-refractivity contribution in [1.29, 1.82) is 0 Å². The summed E-state index contributed by atoms with van der Waals surface area (Å²) in [5, 5.41) is 10.1. The van der Waals surface area contributed by atoms with E-state index in [1.165, 1.54) is 12.1 Å². The quantitative estimate of drug-likeness (QED) is 0.380. The molecule has 1 aromatic heterocycles. The van der Waals surface area contributed by atoms with Gasteiger partial charge in [-0.2, -0.15) is 0 Å². The van der Waals surface area contributed by atoms with E-state index >= 15 is 0 Å². The molecule has 3 rings (SSSR count). The number of halogens is 2. The highest BCUT2D eigenvalue weighted by molar-refractivity contribution is 7.98. The largest absolute Gasteiger partial charge is 0.493 e. The number of benzene rings is 2. The number of aryl methyl sites for hydroxylation is 2. The summed E-state index contributed by atoms with van der Waals surface area (Å²) in [6, 6.07) is 12.1. The molecule has 2 aromatic carbocycles. The zero-order chi connectivity index (χ0) is 19.2. The van der Waals surface area contributed by atoms with Crippen LogP contribution in [0.1, 0.15) is 23.4 Å². The van der Waals surface area contributed by atoms with Gasteiger partial charge < -0.3 is 9.30 Å². The first-order valence-corrected chi connectivity index (χ1v) is 10.0. The molecule has 0 aliphatic heterocycles. The van der Waals surface area contributed by atoms with Crippen LogP contribution in [0.2, 0.25) is 5.02 Å². The molecule has 0 saturated heterocycles. The zero-order valence-electron chi connectivity index (χ0n) is 15.3. The van der Waals surface area contributed by atoms with Gasteiger partial charge in [-0.25, -0.2) is 4.39 Å². The number of hydrogen-bond acceptors (Lipinski definition) is 4. The van der Waals surface area contributed by atoms with E-state index in [0.717, 1.165) is 46.5 Å². The second kappa shape index (κ2) is 9.24. The normalized spacial score (nSPS) is 11.0. The Morgan fingerprint density at radius 2 is 1.93 bits per heavy atom. The Hall–Kier alpha value is -2.05. The Morgan fingerprint density at radius 3 is 2.67 bits per heavy atom. The van der Waals surface area contributed by atoms with Crippen molar-refractivity contribution in [3.63, 3.8) is 0 Å². The van der Waals surface area contributed by atoms with Crippen molar-refractivity contribution >= 4 is 23.4 Å². The molecule has 4 nitrogen and oxygen atoms in total. The summed E-state index contributed by atoms with van der Waals surface area (Å²) in [4.78, 5) is 0. The smallest absolute Gasteiger partial charge is 0.191 e. The predicted octanol–water partition coefficient (Wildman–Crippen LogP) is 5.22. The summed E-state index contributed by atoms with van der Waals surface area (Å²) in [6.45, 7) is 2.59.